The number of aryl methyl sites for hydroxylation is 1. The molecule has 2 amide bonds. The van der Waals surface area contributed by atoms with Crippen molar-refractivity contribution in [3.8, 4) is 17.1 Å². The molecule has 1 unspecified atom stereocenters. The van der Waals surface area contributed by atoms with E-state index in [1.54, 1.807) is 14.2 Å². The third-order valence-corrected chi connectivity index (χ3v) is 4.59. The van der Waals surface area contributed by atoms with Gasteiger partial charge in [0.2, 0.25) is 23.5 Å². The lowest BCUT2D eigenvalue weighted by Gasteiger charge is -2.18. The van der Waals surface area contributed by atoms with Crippen LogP contribution in [0.5, 0.6) is 5.75 Å². The van der Waals surface area contributed by atoms with E-state index in [0.29, 0.717) is 18.1 Å². The number of amides is 2. The molecule has 0 spiro atoms. The summed E-state index contributed by atoms with van der Waals surface area (Å²) in [6.45, 7) is 0. The Morgan fingerprint density at radius 1 is 1.07 bits per heavy atom. The minimum atomic E-state index is -0.406. The zero-order valence-electron chi connectivity index (χ0n) is 16.9. The van der Waals surface area contributed by atoms with Crippen LogP contribution < -0.4 is 15.4 Å². The van der Waals surface area contributed by atoms with Crippen LogP contribution in [0.1, 0.15) is 30.3 Å². The minimum absolute atomic E-state index is 0.148. The maximum Gasteiger partial charge on any atom is 0.227 e. The van der Waals surface area contributed by atoms with E-state index in [0.717, 1.165) is 16.9 Å². The van der Waals surface area contributed by atoms with Gasteiger partial charge in [0, 0.05) is 25.5 Å². The van der Waals surface area contributed by atoms with Gasteiger partial charge in [0.1, 0.15) is 5.75 Å². The Morgan fingerprint density at radius 3 is 2.47 bits per heavy atom. The van der Waals surface area contributed by atoms with Gasteiger partial charge in [0.05, 0.1) is 19.6 Å². The third kappa shape index (κ3) is 5.66. The molecule has 1 aromatic heterocycles. The summed E-state index contributed by atoms with van der Waals surface area (Å²) >= 11 is 0. The zero-order valence-corrected chi connectivity index (χ0v) is 16.9. The van der Waals surface area contributed by atoms with E-state index in [1.807, 2.05) is 54.6 Å². The number of carbonyl (C=O) groups excluding carboxylic acids is 2. The van der Waals surface area contributed by atoms with Gasteiger partial charge in [-0.1, -0.05) is 35.5 Å². The van der Waals surface area contributed by atoms with Crippen LogP contribution >= 0.6 is 0 Å². The predicted octanol–water partition coefficient (Wildman–Crippen LogP) is 2.67. The quantitative estimate of drug-likeness (QED) is 0.564. The van der Waals surface area contributed by atoms with Crippen molar-refractivity contribution in [1.29, 1.82) is 0 Å². The monoisotopic (exact) mass is 408 g/mol. The SMILES string of the molecule is CNC(=O)CC(NC(=O)CCc1nc(-c2ccc(OC)cc2)no1)c1ccccc1. The molecule has 3 aromatic rings. The molecule has 0 aliphatic carbocycles. The standard InChI is InChI=1S/C22H24N4O4/c1-23-20(28)14-18(15-6-4-3-5-7-15)24-19(27)12-13-21-25-22(26-30-21)16-8-10-17(29-2)11-9-16/h3-11,18H,12-14H2,1-2H3,(H,23,28)(H,24,27). The van der Waals surface area contributed by atoms with Crippen molar-refractivity contribution < 1.29 is 18.8 Å². The van der Waals surface area contributed by atoms with E-state index in [1.165, 1.54) is 0 Å². The van der Waals surface area contributed by atoms with Gasteiger partial charge in [-0.15, -0.1) is 0 Å². The number of hydrogen-bond acceptors (Lipinski definition) is 6. The van der Waals surface area contributed by atoms with E-state index in [-0.39, 0.29) is 24.7 Å². The Kier molecular flexibility index (Phi) is 7.15. The molecule has 0 saturated heterocycles. The van der Waals surface area contributed by atoms with Crippen molar-refractivity contribution in [2.24, 2.45) is 0 Å². The van der Waals surface area contributed by atoms with Crippen molar-refractivity contribution in [3.63, 3.8) is 0 Å². The van der Waals surface area contributed by atoms with E-state index < -0.39 is 6.04 Å². The Hall–Kier alpha value is -3.68. The molecule has 0 saturated carbocycles. The van der Waals surface area contributed by atoms with Crippen molar-refractivity contribution >= 4 is 11.8 Å². The van der Waals surface area contributed by atoms with Crippen LogP contribution in [0, 0.1) is 0 Å². The summed E-state index contributed by atoms with van der Waals surface area (Å²) in [5, 5.41) is 9.47. The first kappa shape index (κ1) is 21.0. The van der Waals surface area contributed by atoms with Gasteiger partial charge in [-0.25, -0.2) is 0 Å². The van der Waals surface area contributed by atoms with Crippen LogP contribution in [-0.4, -0.2) is 36.1 Å². The highest BCUT2D eigenvalue weighted by Gasteiger charge is 2.18. The van der Waals surface area contributed by atoms with E-state index in [9.17, 15) is 9.59 Å². The molecular formula is C22H24N4O4. The Labute approximate surface area is 174 Å². The van der Waals surface area contributed by atoms with E-state index >= 15 is 0 Å². The van der Waals surface area contributed by atoms with Crippen molar-refractivity contribution in [1.82, 2.24) is 20.8 Å². The molecule has 0 fully saturated rings. The number of methoxy groups -OCH3 is 1. The lowest BCUT2D eigenvalue weighted by Crippen LogP contribution is -2.32. The second-order valence-electron chi connectivity index (χ2n) is 6.65. The maximum atomic E-state index is 12.5. The first-order valence-electron chi connectivity index (χ1n) is 9.61. The molecule has 1 heterocycles. The van der Waals surface area contributed by atoms with Crippen molar-refractivity contribution in [2.75, 3.05) is 14.2 Å². The largest absolute Gasteiger partial charge is 0.497 e. The number of carbonyl (C=O) groups is 2. The van der Waals surface area contributed by atoms with Gasteiger partial charge in [-0.05, 0) is 29.8 Å². The van der Waals surface area contributed by atoms with Crippen molar-refractivity contribution in [3.05, 3.63) is 66.1 Å². The van der Waals surface area contributed by atoms with Crippen LogP contribution in [0.15, 0.2) is 59.1 Å². The molecule has 0 bridgehead atoms. The average Bonchev–Trinajstić information content (AvgIpc) is 3.27. The highest BCUT2D eigenvalue weighted by atomic mass is 16.5. The van der Waals surface area contributed by atoms with Crippen molar-refractivity contribution in [2.45, 2.75) is 25.3 Å². The van der Waals surface area contributed by atoms with E-state index in [4.69, 9.17) is 9.26 Å². The highest BCUT2D eigenvalue weighted by Crippen LogP contribution is 2.20. The Bertz CT molecular complexity index is 970. The first-order valence-corrected chi connectivity index (χ1v) is 9.61. The summed E-state index contributed by atoms with van der Waals surface area (Å²) in [6, 6.07) is 16.3. The molecule has 156 valence electrons. The second kappa shape index (κ2) is 10.2. The number of aromatic nitrogens is 2. The molecule has 0 radical (unpaired) electrons. The minimum Gasteiger partial charge on any atom is -0.497 e. The molecule has 8 nitrogen and oxygen atoms in total. The third-order valence-electron chi connectivity index (χ3n) is 4.59. The van der Waals surface area contributed by atoms with Crippen LogP contribution in [-0.2, 0) is 16.0 Å². The summed E-state index contributed by atoms with van der Waals surface area (Å²) in [5.41, 5.74) is 1.67. The van der Waals surface area contributed by atoms with Gasteiger partial charge < -0.3 is 19.9 Å². The summed E-state index contributed by atoms with van der Waals surface area (Å²) in [7, 11) is 3.17. The summed E-state index contributed by atoms with van der Waals surface area (Å²) in [5.74, 6) is 1.22. The first-order chi connectivity index (χ1) is 14.6. The van der Waals surface area contributed by atoms with Crippen LogP contribution in [0.4, 0.5) is 0 Å². The molecule has 30 heavy (non-hydrogen) atoms. The molecular weight excluding hydrogens is 384 g/mol. The predicted molar refractivity (Wildman–Crippen MR) is 111 cm³/mol. The van der Waals surface area contributed by atoms with Gasteiger partial charge in [0.15, 0.2) is 0 Å². The lowest BCUT2D eigenvalue weighted by molar-refractivity contribution is -0.123. The zero-order chi connectivity index (χ0) is 21.3. The Balaban J connectivity index is 1.58. The number of nitrogens with one attached hydrogen (secondary N) is 2. The second-order valence-corrected chi connectivity index (χ2v) is 6.65. The lowest BCUT2D eigenvalue weighted by atomic mass is 10.0. The fourth-order valence-corrected chi connectivity index (χ4v) is 2.93. The molecule has 1 atom stereocenters. The van der Waals surface area contributed by atoms with Gasteiger partial charge in [-0.3, -0.25) is 9.59 Å². The highest BCUT2D eigenvalue weighted by molar-refractivity contribution is 5.80. The number of hydrogen-bond donors (Lipinski definition) is 2. The Morgan fingerprint density at radius 2 is 1.80 bits per heavy atom. The maximum absolute atomic E-state index is 12.5. The molecule has 2 N–H and O–H groups in total. The molecule has 3 rings (SSSR count). The number of rotatable bonds is 9. The summed E-state index contributed by atoms with van der Waals surface area (Å²) in [4.78, 5) is 28.6. The molecule has 0 aliphatic heterocycles. The summed E-state index contributed by atoms with van der Waals surface area (Å²) in [6.07, 6.45) is 0.631. The average molecular weight is 408 g/mol. The van der Waals surface area contributed by atoms with Gasteiger partial charge in [-0.2, -0.15) is 4.98 Å². The number of benzene rings is 2. The fourth-order valence-electron chi connectivity index (χ4n) is 2.93. The van der Waals surface area contributed by atoms with E-state index in [2.05, 4.69) is 20.8 Å². The fraction of sp³-hybridized carbons (Fsp3) is 0.273. The van der Waals surface area contributed by atoms with Crippen LogP contribution in [0.25, 0.3) is 11.4 Å². The summed E-state index contributed by atoms with van der Waals surface area (Å²) < 4.78 is 10.4. The van der Waals surface area contributed by atoms with Crippen LogP contribution in [0.3, 0.4) is 0 Å². The smallest absolute Gasteiger partial charge is 0.227 e. The normalized spacial score (nSPS) is 11.5. The van der Waals surface area contributed by atoms with Gasteiger partial charge in [0.25, 0.3) is 0 Å². The van der Waals surface area contributed by atoms with Crippen LogP contribution in [0.2, 0.25) is 0 Å². The van der Waals surface area contributed by atoms with Gasteiger partial charge >= 0.3 is 0 Å². The molecule has 2 aromatic carbocycles. The number of ether oxygens (including phenoxy) is 1. The topological polar surface area (TPSA) is 106 Å². The molecule has 0 aliphatic rings. The molecule has 8 heteroatoms. The number of nitrogens with zero attached hydrogens (tertiary/aromatic N) is 2.